The first-order valence-corrected chi connectivity index (χ1v) is 4.99. The molecule has 2 fully saturated rings. The van der Waals surface area contributed by atoms with Crippen LogP contribution in [0.2, 0.25) is 0 Å². The van der Waals surface area contributed by atoms with Gasteiger partial charge in [-0.2, -0.15) is 0 Å². The molecule has 13 heavy (non-hydrogen) atoms. The topological polar surface area (TPSA) is 44.4 Å². The number of nitrogens with one attached hydrogen (secondary N) is 2. The molecule has 0 aromatic carbocycles. The maximum atomic E-state index is 11.5. The third-order valence-electron chi connectivity index (χ3n) is 3.28. The summed E-state index contributed by atoms with van der Waals surface area (Å²) in [6.45, 7) is 2.99. The Morgan fingerprint density at radius 1 is 1.54 bits per heavy atom. The Bertz CT molecular complexity index is 211. The zero-order chi connectivity index (χ0) is 9.31. The minimum absolute atomic E-state index is 0.0787. The van der Waals surface area contributed by atoms with Crippen molar-refractivity contribution >= 4 is 6.03 Å². The van der Waals surface area contributed by atoms with Crippen molar-refractivity contribution in [2.24, 2.45) is 0 Å². The molecule has 2 aliphatic heterocycles. The molecule has 0 bridgehead atoms. The van der Waals surface area contributed by atoms with Gasteiger partial charge in [0.25, 0.3) is 0 Å². The molecule has 0 saturated carbocycles. The number of carbonyl (C=O) groups excluding carboxylic acids is 1. The van der Waals surface area contributed by atoms with Gasteiger partial charge in [-0.3, -0.25) is 0 Å². The number of likely N-dealkylation sites (tertiary alicyclic amines) is 1. The highest BCUT2D eigenvalue weighted by Crippen LogP contribution is 2.35. The molecule has 74 valence electrons. The molecule has 2 heterocycles. The molecule has 4 nitrogen and oxygen atoms in total. The fourth-order valence-corrected chi connectivity index (χ4v) is 2.39. The highest BCUT2D eigenvalue weighted by molar-refractivity contribution is 5.75. The van der Waals surface area contributed by atoms with Gasteiger partial charge in [0.2, 0.25) is 0 Å². The summed E-state index contributed by atoms with van der Waals surface area (Å²) >= 11 is 0. The van der Waals surface area contributed by atoms with Crippen LogP contribution in [0.25, 0.3) is 0 Å². The summed E-state index contributed by atoms with van der Waals surface area (Å²) < 4.78 is 0. The van der Waals surface area contributed by atoms with Gasteiger partial charge in [-0.15, -0.1) is 0 Å². The molecule has 0 aromatic heterocycles. The molecule has 2 saturated heterocycles. The van der Waals surface area contributed by atoms with E-state index < -0.39 is 0 Å². The van der Waals surface area contributed by atoms with Gasteiger partial charge in [0.15, 0.2) is 0 Å². The van der Waals surface area contributed by atoms with Gasteiger partial charge in [-0.1, -0.05) is 0 Å². The normalized spacial score (nSPS) is 32.8. The maximum absolute atomic E-state index is 11.5. The first kappa shape index (κ1) is 8.81. The molecular weight excluding hydrogens is 166 g/mol. The number of hydrogen-bond donors (Lipinski definition) is 2. The smallest absolute Gasteiger partial charge is 0.317 e. The second-order valence-corrected chi connectivity index (χ2v) is 3.96. The summed E-state index contributed by atoms with van der Waals surface area (Å²) in [5.41, 5.74) is 0.151. The van der Waals surface area contributed by atoms with E-state index in [-0.39, 0.29) is 11.6 Å². The number of piperidine rings is 1. The van der Waals surface area contributed by atoms with Crippen LogP contribution in [-0.2, 0) is 0 Å². The first-order valence-electron chi connectivity index (χ1n) is 4.99. The molecule has 2 rings (SSSR count). The Labute approximate surface area is 78.7 Å². The average Bonchev–Trinajstić information content (AvgIpc) is 2.17. The molecule has 4 heteroatoms. The average molecular weight is 183 g/mol. The lowest BCUT2D eigenvalue weighted by Gasteiger charge is -2.54. The standard InChI is InChI=1S/C9H17N3O/c1-10-8(13)12-6-4-9(12)3-2-5-11-7-9/h11H,2-7H2,1H3,(H,10,13)/t9-/m1/s1. The molecule has 1 atom stereocenters. The van der Waals surface area contributed by atoms with Gasteiger partial charge in [0, 0.05) is 20.1 Å². The summed E-state index contributed by atoms with van der Waals surface area (Å²) in [7, 11) is 1.70. The van der Waals surface area contributed by atoms with E-state index >= 15 is 0 Å². The van der Waals surface area contributed by atoms with Gasteiger partial charge in [0.05, 0.1) is 5.54 Å². The van der Waals surface area contributed by atoms with Crippen molar-refractivity contribution in [1.82, 2.24) is 15.5 Å². The van der Waals surface area contributed by atoms with Gasteiger partial charge in [-0.25, -0.2) is 4.79 Å². The highest BCUT2D eigenvalue weighted by Gasteiger charge is 2.47. The van der Waals surface area contributed by atoms with Crippen molar-refractivity contribution in [3.8, 4) is 0 Å². The summed E-state index contributed by atoms with van der Waals surface area (Å²) in [5.74, 6) is 0. The Hall–Kier alpha value is -0.770. The van der Waals surface area contributed by atoms with E-state index in [2.05, 4.69) is 10.6 Å². The van der Waals surface area contributed by atoms with E-state index in [0.29, 0.717) is 0 Å². The fourth-order valence-electron chi connectivity index (χ4n) is 2.39. The van der Waals surface area contributed by atoms with Crippen LogP contribution < -0.4 is 10.6 Å². The third-order valence-corrected chi connectivity index (χ3v) is 3.28. The van der Waals surface area contributed by atoms with Crippen LogP contribution in [0.4, 0.5) is 4.79 Å². The van der Waals surface area contributed by atoms with E-state index in [9.17, 15) is 4.79 Å². The number of hydrogen-bond acceptors (Lipinski definition) is 2. The quantitative estimate of drug-likeness (QED) is 0.561. The minimum atomic E-state index is 0.0787. The molecular formula is C9H17N3O. The van der Waals surface area contributed by atoms with Crippen molar-refractivity contribution in [2.75, 3.05) is 26.7 Å². The monoisotopic (exact) mass is 183 g/mol. The van der Waals surface area contributed by atoms with Crippen molar-refractivity contribution in [3.05, 3.63) is 0 Å². The molecule has 0 aromatic rings. The van der Waals surface area contributed by atoms with Gasteiger partial charge in [-0.05, 0) is 25.8 Å². The lowest BCUT2D eigenvalue weighted by molar-refractivity contribution is 0.00585. The zero-order valence-electron chi connectivity index (χ0n) is 8.10. The number of carbonyl (C=O) groups is 1. The van der Waals surface area contributed by atoms with E-state index in [1.54, 1.807) is 7.05 Å². The van der Waals surface area contributed by atoms with Crippen LogP contribution in [-0.4, -0.2) is 43.2 Å². The molecule has 2 amide bonds. The third kappa shape index (κ3) is 1.29. The van der Waals surface area contributed by atoms with E-state index in [0.717, 1.165) is 32.5 Å². The van der Waals surface area contributed by atoms with Crippen LogP contribution in [0.15, 0.2) is 0 Å². The largest absolute Gasteiger partial charge is 0.341 e. The van der Waals surface area contributed by atoms with Crippen LogP contribution in [0, 0.1) is 0 Å². The Morgan fingerprint density at radius 2 is 2.38 bits per heavy atom. The molecule has 2 aliphatic rings. The predicted molar refractivity (Wildman–Crippen MR) is 50.6 cm³/mol. The van der Waals surface area contributed by atoms with Crippen molar-refractivity contribution in [1.29, 1.82) is 0 Å². The number of amides is 2. The second kappa shape index (κ2) is 3.18. The second-order valence-electron chi connectivity index (χ2n) is 3.96. The van der Waals surface area contributed by atoms with E-state index in [1.165, 1.54) is 6.42 Å². The molecule has 0 unspecified atom stereocenters. The van der Waals surface area contributed by atoms with Gasteiger partial charge < -0.3 is 15.5 Å². The summed E-state index contributed by atoms with van der Waals surface area (Å²) in [5, 5.41) is 6.06. The van der Waals surface area contributed by atoms with Gasteiger partial charge >= 0.3 is 6.03 Å². The molecule has 1 spiro atoms. The number of urea groups is 1. The molecule has 0 radical (unpaired) electrons. The van der Waals surface area contributed by atoms with Crippen molar-refractivity contribution in [2.45, 2.75) is 24.8 Å². The van der Waals surface area contributed by atoms with Crippen molar-refractivity contribution < 1.29 is 4.79 Å². The van der Waals surface area contributed by atoms with Crippen LogP contribution in [0.3, 0.4) is 0 Å². The predicted octanol–water partition coefficient (Wildman–Crippen LogP) is 0.154. The molecule has 0 aliphatic carbocycles. The SMILES string of the molecule is CNC(=O)N1CC[C@@]12CCCNC2. The van der Waals surface area contributed by atoms with E-state index in [1.807, 2.05) is 4.90 Å². The van der Waals surface area contributed by atoms with Gasteiger partial charge in [0.1, 0.15) is 0 Å². The lowest BCUT2D eigenvalue weighted by atomic mass is 9.79. The lowest BCUT2D eigenvalue weighted by Crippen LogP contribution is -2.69. The Kier molecular flexibility index (Phi) is 2.15. The molecule has 2 N–H and O–H groups in total. The highest BCUT2D eigenvalue weighted by atomic mass is 16.2. The Balaban J connectivity index is 2.02. The van der Waals surface area contributed by atoms with Crippen LogP contribution >= 0.6 is 0 Å². The zero-order valence-corrected chi connectivity index (χ0v) is 8.10. The Morgan fingerprint density at radius 3 is 2.85 bits per heavy atom. The van der Waals surface area contributed by atoms with Crippen LogP contribution in [0.1, 0.15) is 19.3 Å². The van der Waals surface area contributed by atoms with E-state index in [4.69, 9.17) is 0 Å². The van der Waals surface area contributed by atoms with Crippen molar-refractivity contribution in [3.63, 3.8) is 0 Å². The number of rotatable bonds is 0. The van der Waals surface area contributed by atoms with Crippen LogP contribution in [0.5, 0.6) is 0 Å². The fraction of sp³-hybridized carbons (Fsp3) is 0.889. The first-order chi connectivity index (χ1) is 6.28. The summed E-state index contributed by atoms with van der Waals surface area (Å²) in [6.07, 6.45) is 3.51. The number of nitrogens with zero attached hydrogens (tertiary/aromatic N) is 1. The summed E-state index contributed by atoms with van der Waals surface area (Å²) in [4.78, 5) is 13.4. The minimum Gasteiger partial charge on any atom is -0.341 e. The summed E-state index contributed by atoms with van der Waals surface area (Å²) in [6, 6.07) is 0.0787. The maximum Gasteiger partial charge on any atom is 0.317 e.